The van der Waals surface area contributed by atoms with Gasteiger partial charge in [-0.3, -0.25) is 9.69 Å². The Kier molecular flexibility index (Phi) is 6.05. The third kappa shape index (κ3) is 5.35. The van der Waals surface area contributed by atoms with E-state index in [1.54, 1.807) is 0 Å². The molecule has 110 valence electrons. The van der Waals surface area contributed by atoms with Gasteiger partial charge in [0.2, 0.25) is 0 Å². The first-order chi connectivity index (χ1) is 8.87. The van der Waals surface area contributed by atoms with Gasteiger partial charge in [-0.05, 0) is 53.0 Å². The van der Waals surface area contributed by atoms with Crippen LogP contribution in [0.1, 0.15) is 53.9 Å². The first kappa shape index (κ1) is 16.2. The highest BCUT2D eigenvalue weighted by Crippen LogP contribution is 2.27. The summed E-state index contributed by atoms with van der Waals surface area (Å²) in [5.41, 5.74) is -0.397. The van der Waals surface area contributed by atoms with Gasteiger partial charge in [0.1, 0.15) is 11.6 Å². The number of esters is 1. The van der Waals surface area contributed by atoms with Crippen LogP contribution in [0, 0.1) is 5.92 Å². The maximum absolute atomic E-state index is 12.3. The second kappa shape index (κ2) is 7.09. The van der Waals surface area contributed by atoms with E-state index in [1.165, 1.54) is 0 Å². The molecule has 0 N–H and O–H groups in total. The molecule has 1 heterocycles. The van der Waals surface area contributed by atoms with Crippen molar-refractivity contribution in [3.8, 4) is 0 Å². The van der Waals surface area contributed by atoms with Crippen LogP contribution in [0.2, 0.25) is 0 Å². The van der Waals surface area contributed by atoms with Crippen molar-refractivity contribution in [3.05, 3.63) is 12.2 Å². The highest BCUT2D eigenvalue weighted by molar-refractivity contribution is 5.76. The van der Waals surface area contributed by atoms with E-state index < -0.39 is 5.60 Å². The molecule has 0 aliphatic carbocycles. The Morgan fingerprint density at radius 1 is 1.42 bits per heavy atom. The van der Waals surface area contributed by atoms with Crippen molar-refractivity contribution in [2.75, 3.05) is 13.1 Å². The minimum absolute atomic E-state index is 0.0596. The van der Waals surface area contributed by atoms with Gasteiger partial charge in [-0.1, -0.05) is 25.5 Å². The average Bonchev–Trinajstić information content (AvgIpc) is 2.68. The minimum Gasteiger partial charge on any atom is -0.459 e. The van der Waals surface area contributed by atoms with Gasteiger partial charge in [0.05, 0.1) is 0 Å². The maximum Gasteiger partial charge on any atom is 0.323 e. The normalized spacial score (nSPS) is 25.1. The Labute approximate surface area is 118 Å². The predicted octanol–water partition coefficient (Wildman–Crippen LogP) is 3.39. The van der Waals surface area contributed by atoms with Crippen LogP contribution in [0.5, 0.6) is 0 Å². The van der Waals surface area contributed by atoms with E-state index in [0.29, 0.717) is 5.92 Å². The fraction of sp³-hybridized carbons (Fsp3) is 0.812. The van der Waals surface area contributed by atoms with Crippen LogP contribution in [0.15, 0.2) is 12.2 Å². The largest absolute Gasteiger partial charge is 0.459 e. The molecule has 3 heteroatoms. The number of rotatable bonds is 5. The molecule has 0 saturated carbocycles. The van der Waals surface area contributed by atoms with Crippen LogP contribution in [0.3, 0.4) is 0 Å². The zero-order valence-corrected chi connectivity index (χ0v) is 13.1. The standard InChI is InChI=1S/C16H29NO2/c1-6-8-10-17-12-13(9-7-2)11-14(17)15(18)19-16(3,4)5/h7,9,13-14H,6,8,10-12H2,1-5H3/b9-7-. The molecule has 1 saturated heterocycles. The maximum atomic E-state index is 12.3. The lowest BCUT2D eigenvalue weighted by Crippen LogP contribution is -2.40. The lowest BCUT2D eigenvalue weighted by atomic mass is 10.1. The second-order valence-corrected chi connectivity index (χ2v) is 6.42. The predicted molar refractivity (Wildman–Crippen MR) is 79.0 cm³/mol. The van der Waals surface area contributed by atoms with E-state index in [2.05, 4.69) is 24.0 Å². The molecule has 1 aliphatic heterocycles. The highest BCUT2D eigenvalue weighted by atomic mass is 16.6. The number of carbonyl (C=O) groups is 1. The van der Waals surface area contributed by atoms with Crippen molar-refractivity contribution in [1.29, 1.82) is 0 Å². The first-order valence-electron chi connectivity index (χ1n) is 7.47. The molecule has 1 rings (SSSR count). The molecule has 0 spiro atoms. The van der Waals surface area contributed by atoms with Gasteiger partial charge in [-0.15, -0.1) is 0 Å². The number of ether oxygens (including phenoxy) is 1. The van der Waals surface area contributed by atoms with Crippen molar-refractivity contribution >= 4 is 5.97 Å². The SMILES string of the molecule is C/C=C\C1CC(C(=O)OC(C)(C)C)N(CCCC)C1. The van der Waals surface area contributed by atoms with Crippen molar-refractivity contribution in [1.82, 2.24) is 4.90 Å². The Morgan fingerprint density at radius 2 is 2.11 bits per heavy atom. The quantitative estimate of drug-likeness (QED) is 0.565. The molecule has 1 aliphatic rings. The van der Waals surface area contributed by atoms with E-state index >= 15 is 0 Å². The highest BCUT2D eigenvalue weighted by Gasteiger charge is 2.37. The number of hydrogen-bond acceptors (Lipinski definition) is 3. The molecule has 0 amide bonds. The molecule has 19 heavy (non-hydrogen) atoms. The molecule has 0 aromatic rings. The fourth-order valence-corrected chi connectivity index (χ4v) is 2.57. The van der Waals surface area contributed by atoms with E-state index in [0.717, 1.165) is 32.4 Å². The third-order valence-electron chi connectivity index (χ3n) is 3.38. The fourth-order valence-electron chi connectivity index (χ4n) is 2.57. The van der Waals surface area contributed by atoms with Gasteiger partial charge in [0.15, 0.2) is 0 Å². The molecule has 3 nitrogen and oxygen atoms in total. The van der Waals surface area contributed by atoms with Crippen LogP contribution in [-0.4, -0.2) is 35.6 Å². The molecule has 0 aromatic heterocycles. The zero-order valence-electron chi connectivity index (χ0n) is 13.1. The summed E-state index contributed by atoms with van der Waals surface area (Å²) in [7, 11) is 0. The van der Waals surface area contributed by atoms with Gasteiger partial charge < -0.3 is 4.74 Å². The topological polar surface area (TPSA) is 29.5 Å². The summed E-state index contributed by atoms with van der Waals surface area (Å²) < 4.78 is 5.55. The molecular formula is C16H29NO2. The van der Waals surface area contributed by atoms with Crippen molar-refractivity contribution in [2.24, 2.45) is 5.92 Å². The molecular weight excluding hydrogens is 238 g/mol. The molecule has 2 unspecified atom stereocenters. The summed E-state index contributed by atoms with van der Waals surface area (Å²) in [6.07, 6.45) is 7.49. The number of likely N-dealkylation sites (tertiary alicyclic amines) is 1. The van der Waals surface area contributed by atoms with Crippen LogP contribution in [0.4, 0.5) is 0 Å². The lowest BCUT2D eigenvalue weighted by Gasteiger charge is -2.27. The minimum atomic E-state index is -0.397. The Bertz CT molecular complexity index is 317. The van der Waals surface area contributed by atoms with Gasteiger partial charge >= 0.3 is 5.97 Å². The Hall–Kier alpha value is -0.830. The molecule has 0 radical (unpaired) electrons. The van der Waals surface area contributed by atoms with Crippen molar-refractivity contribution < 1.29 is 9.53 Å². The summed E-state index contributed by atoms with van der Waals surface area (Å²) >= 11 is 0. The zero-order chi connectivity index (χ0) is 14.5. The van der Waals surface area contributed by atoms with Crippen LogP contribution in [0.25, 0.3) is 0 Å². The third-order valence-corrected chi connectivity index (χ3v) is 3.38. The van der Waals surface area contributed by atoms with E-state index in [1.807, 2.05) is 27.7 Å². The Balaban J connectivity index is 2.67. The van der Waals surface area contributed by atoms with Gasteiger partial charge in [0, 0.05) is 6.54 Å². The lowest BCUT2D eigenvalue weighted by molar-refractivity contribution is -0.160. The monoisotopic (exact) mass is 267 g/mol. The molecule has 0 bridgehead atoms. The van der Waals surface area contributed by atoms with E-state index in [9.17, 15) is 4.79 Å². The number of allylic oxidation sites excluding steroid dienone is 1. The van der Waals surface area contributed by atoms with Crippen molar-refractivity contribution in [2.45, 2.75) is 65.5 Å². The van der Waals surface area contributed by atoms with Gasteiger partial charge in [-0.2, -0.15) is 0 Å². The van der Waals surface area contributed by atoms with Gasteiger partial charge in [0.25, 0.3) is 0 Å². The van der Waals surface area contributed by atoms with Crippen LogP contribution in [-0.2, 0) is 9.53 Å². The van der Waals surface area contributed by atoms with E-state index in [-0.39, 0.29) is 12.0 Å². The number of unbranched alkanes of at least 4 members (excludes halogenated alkanes) is 1. The summed E-state index contributed by atoms with van der Waals surface area (Å²) in [5.74, 6) is 0.426. The molecule has 1 fully saturated rings. The number of carbonyl (C=O) groups excluding carboxylic acids is 1. The number of hydrogen-bond donors (Lipinski definition) is 0. The van der Waals surface area contributed by atoms with Crippen molar-refractivity contribution in [3.63, 3.8) is 0 Å². The van der Waals surface area contributed by atoms with E-state index in [4.69, 9.17) is 4.74 Å². The van der Waals surface area contributed by atoms with Crippen LogP contribution < -0.4 is 0 Å². The van der Waals surface area contributed by atoms with Gasteiger partial charge in [-0.25, -0.2) is 0 Å². The summed E-state index contributed by atoms with van der Waals surface area (Å²) in [4.78, 5) is 14.6. The summed E-state index contributed by atoms with van der Waals surface area (Å²) in [6.45, 7) is 12.0. The van der Waals surface area contributed by atoms with Crippen LogP contribution >= 0.6 is 0 Å². The first-order valence-corrected chi connectivity index (χ1v) is 7.47. The second-order valence-electron chi connectivity index (χ2n) is 6.42. The Morgan fingerprint density at radius 3 is 2.63 bits per heavy atom. The summed E-state index contributed by atoms with van der Waals surface area (Å²) in [6, 6.07) is -0.0630. The summed E-state index contributed by atoms with van der Waals surface area (Å²) in [5, 5.41) is 0. The number of nitrogens with zero attached hydrogens (tertiary/aromatic N) is 1. The molecule has 2 atom stereocenters. The molecule has 0 aromatic carbocycles. The smallest absolute Gasteiger partial charge is 0.323 e. The average molecular weight is 267 g/mol.